The van der Waals surface area contributed by atoms with Crippen LogP contribution < -0.4 is 5.32 Å². The summed E-state index contributed by atoms with van der Waals surface area (Å²) < 4.78 is 0. The van der Waals surface area contributed by atoms with Gasteiger partial charge in [-0.3, -0.25) is 0 Å². The molecule has 0 heterocycles. The quantitative estimate of drug-likeness (QED) is 0.691. The zero-order valence-electron chi connectivity index (χ0n) is 12.5. The van der Waals surface area contributed by atoms with E-state index in [1.54, 1.807) is 0 Å². The molecule has 1 heteroatoms. The van der Waals surface area contributed by atoms with Crippen LogP contribution in [0.15, 0.2) is 24.3 Å². The molecule has 0 bridgehead atoms. The van der Waals surface area contributed by atoms with Crippen LogP contribution in [0.3, 0.4) is 0 Å². The van der Waals surface area contributed by atoms with E-state index in [2.05, 4.69) is 57.3 Å². The third-order valence-corrected chi connectivity index (χ3v) is 3.84. The maximum absolute atomic E-state index is 3.70. The molecule has 1 unspecified atom stereocenters. The summed E-state index contributed by atoms with van der Waals surface area (Å²) in [6.07, 6.45) is 5.03. The van der Waals surface area contributed by atoms with Gasteiger partial charge in [-0.1, -0.05) is 63.4 Å². The lowest BCUT2D eigenvalue weighted by Gasteiger charge is -2.23. The molecular formula is C17H29N. The van der Waals surface area contributed by atoms with Gasteiger partial charge in [-0.15, -0.1) is 0 Å². The molecular weight excluding hydrogens is 218 g/mol. The molecule has 0 aliphatic heterocycles. The fraction of sp³-hybridized carbons (Fsp3) is 0.647. The number of rotatable bonds is 8. The topological polar surface area (TPSA) is 12.0 Å². The molecule has 1 N–H and O–H groups in total. The zero-order chi connectivity index (χ0) is 13.4. The number of aryl methyl sites for hydroxylation is 1. The SMILES string of the molecule is CCCNC(CC(CC)CC)c1ccc(C)cc1. The highest BCUT2D eigenvalue weighted by Crippen LogP contribution is 2.25. The van der Waals surface area contributed by atoms with E-state index >= 15 is 0 Å². The summed E-state index contributed by atoms with van der Waals surface area (Å²) in [6, 6.07) is 9.54. The molecule has 1 aromatic rings. The fourth-order valence-corrected chi connectivity index (χ4v) is 2.41. The Morgan fingerprint density at radius 3 is 2.11 bits per heavy atom. The Labute approximate surface area is 113 Å². The summed E-state index contributed by atoms with van der Waals surface area (Å²) >= 11 is 0. The van der Waals surface area contributed by atoms with E-state index in [4.69, 9.17) is 0 Å². The summed E-state index contributed by atoms with van der Waals surface area (Å²) in [5, 5.41) is 3.70. The molecule has 0 amide bonds. The second-order valence-corrected chi connectivity index (χ2v) is 5.34. The van der Waals surface area contributed by atoms with Crippen LogP contribution in [0.2, 0.25) is 0 Å². The first-order valence-corrected chi connectivity index (χ1v) is 7.51. The highest BCUT2D eigenvalue weighted by Gasteiger charge is 2.15. The maximum atomic E-state index is 3.70. The third-order valence-electron chi connectivity index (χ3n) is 3.84. The Kier molecular flexibility index (Phi) is 7.04. The largest absolute Gasteiger partial charge is 0.310 e. The van der Waals surface area contributed by atoms with Gasteiger partial charge >= 0.3 is 0 Å². The average molecular weight is 247 g/mol. The lowest BCUT2D eigenvalue weighted by molar-refractivity contribution is 0.371. The molecule has 0 aliphatic rings. The van der Waals surface area contributed by atoms with Crippen LogP contribution in [0, 0.1) is 12.8 Å². The molecule has 18 heavy (non-hydrogen) atoms. The summed E-state index contributed by atoms with van der Waals surface area (Å²) in [7, 11) is 0. The Balaban J connectivity index is 2.73. The lowest BCUT2D eigenvalue weighted by Crippen LogP contribution is -2.24. The van der Waals surface area contributed by atoms with Gasteiger partial charge in [-0.25, -0.2) is 0 Å². The molecule has 0 aromatic heterocycles. The molecule has 0 saturated carbocycles. The molecule has 0 aliphatic carbocycles. The van der Waals surface area contributed by atoms with Gasteiger partial charge in [-0.05, 0) is 37.8 Å². The van der Waals surface area contributed by atoms with Gasteiger partial charge in [0.25, 0.3) is 0 Å². The minimum Gasteiger partial charge on any atom is -0.310 e. The minimum atomic E-state index is 0.524. The van der Waals surface area contributed by atoms with Gasteiger partial charge in [0.15, 0.2) is 0 Å². The Hall–Kier alpha value is -0.820. The number of benzene rings is 1. The molecule has 0 fully saturated rings. The van der Waals surface area contributed by atoms with Gasteiger partial charge in [0.2, 0.25) is 0 Å². The minimum absolute atomic E-state index is 0.524. The van der Waals surface area contributed by atoms with Crippen molar-refractivity contribution >= 4 is 0 Å². The van der Waals surface area contributed by atoms with Crippen molar-refractivity contribution in [1.82, 2.24) is 5.32 Å². The Morgan fingerprint density at radius 1 is 1.00 bits per heavy atom. The maximum Gasteiger partial charge on any atom is 0.0322 e. The molecule has 0 spiro atoms. The Morgan fingerprint density at radius 2 is 1.61 bits per heavy atom. The van der Waals surface area contributed by atoms with Crippen LogP contribution in [0.25, 0.3) is 0 Å². The highest BCUT2D eigenvalue weighted by atomic mass is 14.9. The number of hydrogen-bond donors (Lipinski definition) is 1. The summed E-state index contributed by atoms with van der Waals surface area (Å²) in [4.78, 5) is 0. The first-order chi connectivity index (χ1) is 8.71. The van der Waals surface area contributed by atoms with Crippen molar-refractivity contribution in [2.45, 2.75) is 59.4 Å². The monoisotopic (exact) mass is 247 g/mol. The van der Waals surface area contributed by atoms with Gasteiger partial charge < -0.3 is 5.32 Å². The van der Waals surface area contributed by atoms with Crippen molar-refractivity contribution in [2.75, 3.05) is 6.54 Å². The second-order valence-electron chi connectivity index (χ2n) is 5.34. The van der Waals surface area contributed by atoms with E-state index in [0.29, 0.717) is 6.04 Å². The van der Waals surface area contributed by atoms with Crippen LogP contribution in [0.1, 0.15) is 63.6 Å². The number of nitrogens with one attached hydrogen (secondary N) is 1. The molecule has 1 nitrogen and oxygen atoms in total. The zero-order valence-corrected chi connectivity index (χ0v) is 12.5. The smallest absolute Gasteiger partial charge is 0.0322 e. The standard InChI is InChI=1S/C17H29N/c1-5-12-18-17(13-15(6-2)7-3)16-10-8-14(4)9-11-16/h8-11,15,17-18H,5-7,12-13H2,1-4H3. The van der Waals surface area contributed by atoms with E-state index in [0.717, 1.165) is 12.5 Å². The van der Waals surface area contributed by atoms with Crippen molar-refractivity contribution in [2.24, 2.45) is 5.92 Å². The van der Waals surface area contributed by atoms with Gasteiger partial charge in [-0.2, -0.15) is 0 Å². The lowest BCUT2D eigenvalue weighted by atomic mass is 9.91. The van der Waals surface area contributed by atoms with Gasteiger partial charge in [0.1, 0.15) is 0 Å². The van der Waals surface area contributed by atoms with E-state index in [1.807, 2.05) is 0 Å². The Bertz CT molecular complexity index is 311. The van der Waals surface area contributed by atoms with Crippen LogP contribution in [-0.4, -0.2) is 6.54 Å². The predicted octanol–water partition coefficient (Wildman–Crippen LogP) is 4.86. The molecule has 1 atom stereocenters. The van der Waals surface area contributed by atoms with E-state index in [-0.39, 0.29) is 0 Å². The highest BCUT2D eigenvalue weighted by molar-refractivity contribution is 5.24. The van der Waals surface area contributed by atoms with Crippen molar-refractivity contribution < 1.29 is 0 Å². The molecule has 0 saturated heterocycles. The average Bonchev–Trinajstić information content (AvgIpc) is 2.40. The second kappa shape index (κ2) is 8.31. The van der Waals surface area contributed by atoms with Gasteiger partial charge in [0, 0.05) is 6.04 Å². The normalized spacial score (nSPS) is 12.9. The van der Waals surface area contributed by atoms with Crippen LogP contribution in [0.5, 0.6) is 0 Å². The van der Waals surface area contributed by atoms with Crippen molar-refractivity contribution in [1.29, 1.82) is 0 Å². The fourth-order valence-electron chi connectivity index (χ4n) is 2.41. The molecule has 1 aromatic carbocycles. The third kappa shape index (κ3) is 4.81. The first kappa shape index (κ1) is 15.2. The predicted molar refractivity (Wildman–Crippen MR) is 80.9 cm³/mol. The van der Waals surface area contributed by atoms with Crippen LogP contribution in [0.4, 0.5) is 0 Å². The summed E-state index contributed by atoms with van der Waals surface area (Å²) in [5.74, 6) is 0.834. The van der Waals surface area contributed by atoms with E-state index in [9.17, 15) is 0 Å². The van der Waals surface area contributed by atoms with Crippen molar-refractivity contribution in [3.05, 3.63) is 35.4 Å². The number of hydrogen-bond acceptors (Lipinski definition) is 1. The first-order valence-electron chi connectivity index (χ1n) is 7.51. The van der Waals surface area contributed by atoms with E-state index in [1.165, 1.54) is 36.8 Å². The molecule has 1 rings (SSSR count). The van der Waals surface area contributed by atoms with E-state index < -0.39 is 0 Å². The van der Waals surface area contributed by atoms with Crippen molar-refractivity contribution in [3.8, 4) is 0 Å². The summed E-state index contributed by atoms with van der Waals surface area (Å²) in [5.41, 5.74) is 2.79. The summed E-state index contributed by atoms with van der Waals surface area (Å²) in [6.45, 7) is 10.1. The molecule has 0 radical (unpaired) electrons. The van der Waals surface area contributed by atoms with Crippen LogP contribution >= 0.6 is 0 Å². The van der Waals surface area contributed by atoms with Gasteiger partial charge in [0.05, 0.1) is 0 Å². The molecule has 102 valence electrons. The van der Waals surface area contributed by atoms with Crippen molar-refractivity contribution in [3.63, 3.8) is 0 Å². The van der Waals surface area contributed by atoms with Crippen LogP contribution in [-0.2, 0) is 0 Å².